The van der Waals surface area contributed by atoms with Gasteiger partial charge in [-0.05, 0) is 39.7 Å². The number of rotatable bonds is 2. The summed E-state index contributed by atoms with van der Waals surface area (Å²) in [6.45, 7) is 0.468. The lowest BCUT2D eigenvalue weighted by Crippen LogP contribution is -2.03. The van der Waals surface area contributed by atoms with Crippen molar-refractivity contribution in [3.63, 3.8) is 0 Å². The van der Waals surface area contributed by atoms with Gasteiger partial charge in [-0.3, -0.25) is 4.68 Å². The van der Waals surface area contributed by atoms with Gasteiger partial charge in [-0.15, -0.1) is 0 Å². The van der Waals surface area contributed by atoms with Gasteiger partial charge in [-0.1, -0.05) is 24.3 Å². The van der Waals surface area contributed by atoms with Crippen molar-refractivity contribution in [2.75, 3.05) is 5.73 Å². The number of nitrogens with two attached hydrogens (primary N) is 1. The van der Waals surface area contributed by atoms with Crippen LogP contribution in [0.3, 0.4) is 0 Å². The van der Waals surface area contributed by atoms with Crippen molar-refractivity contribution < 1.29 is 4.39 Å². The molecule has 0 saturated heterocycles. The highest BCUT2D eigenvalue weighted by atomic mass is 79.9. The number of benzene rings is 2. The van der Waals surface area contributed by atoms with Crippen LogP contribution in [0.1, 0.15) is 5.56 Å². The Morgan fingerprint density at radius 1 is 1.16 bits per heavy atom. The van der Waals surface area contributed by atoms with Gasteiger partial charge in [0.15, 0.2) is 5.82 Å². The normalized spacial score (nSPS) is 11.1. The molecule has 19 heavy (non-hydrogen) atoms. The van der Waals surface area contributed by atoms with Crippen LogP contribution in [0.2, 0.25) is 0 Å². The van der Waals surface area contributed by atoms with Gasteiger partial charge in [0.25, 0.3) is 0 Å². The summed E-state index contributed by atoms with van der Waals surface area (Å²) in [5.74, 6) is 0.213. The molecule has 0 saturated carbocycles. The third kappa shape index (κ3) is 2.10. The van der Waals surface area contributed by atoms with E-state index >= 15 is 0 Å². The third-order valence-corrected chi connectivity index (χ3v) is 3.93. The average Bonchev–Trinajstić information content (AvgIpc) is 2.73. The first-order chi connectivity index (χ1) is 9.16. The molecule has 3 aromatic rings. The Bertz CT molecular complexity index is 752. The van der Waals surface area contributed by atoms with Crippen LogP contribution >= 0.6 is 15.9 Å². The van der Waals surface area contributed by atoms with Gasteiger partial charge >= 0.3 is 0 Å². The largest absolute Gasteiger partial charge is 0.382 e. The van der Waals surface area contributed by atoms with Gasteiger partial charge in [-0.25, -0.2) is 4.39 Å². The molecule has 0 bridgehead atoms. The number of para-hydroxylation sites is 1. The van der Waals surface area contributed by atoms with E-state index in [1.807, 2.05) is 30.3 Å². The average molecular weight is 320 g/mol. The zero-order valence-electron chi connectivity index (χ0n) is 9.98. The fraction of sp³-hybridized carbons (Fsp3) is 0.0714. The van der Waals surface area contributed by atoms with Crippen molar-refractivity contribution in [3.8, 4) is 0 Å². The summed E-state index contributed by atoms with van der Waals surface area (Å²) in [5, 5.41) is 5.22. The molecule has 0 fully saturated rings. The highest BCUT2D eigenvalue weighted by molar-refractivity contribution is 9.10. The van der Waals surface area contributed by atoms with E-state index in [2.05, 4.69) is 21.0 Å². The van der Waals surface area contributed by atoms with Crippen molar-refractivity contribution >= 4 is 32.7 Å². The summed E-state index contributed by atoms with van der Waals surface area (Å²) in [4.78, 5) is 0. The van der Waals surface area contributed by atoms with Crippen molar-refractivity contribution in [1.82, 2.24) is 9.78 Å². The van der Waals surface area contributed by atoms with E-state index in [9.17, 15) is 4.39 Å². The number of anilines is 1. The van der Waals surface area contributed by atoms with Gasteiger partial charge < -0.3 is 5.73 Å². The Morgan fingerprint density at radius 2 is 1.95 bits per heavy atom. The smallest absolute Gasteiger partial charge is 0.153 e. The van der Waals surface area contributed by atoms with Gasteiger partial charge in [0, 0.05) is 5.39 Å². The van der Waals surface area contributed by atoms with Crippen LogP contribution in [0.5, 0.6) is 0 Å². The summed E-state index contributed by atoms with van der Waals surface area (Å²) >= 11 is 3.26. The molecule has 1 heterocycles. The lowest BCUT2D eigenvalue weighted by Gasteiger charge is -2.06. The van der Waals surface area contributed by atoms with Gasteiger partial charge in [0.05, 0.1) is 16.5 Å². The van der Waals surface area contributed by atoms with Gasteiger partial charge in [0.2, 0.25) is 0 Å². The highest BCUT2D eigenvalue weighted by Crippen LogP contribution is 2.24. The summed E-state index contributed by atoms with van der Waals surface area (Å²) in [6, 6.07) is 12.7. The van der Waals surface area contributed by atoms with Crippen LogP contribution in [-0.4, -0.2) is 9.78 Å². The Labute approximate surface area is 118 Å². The molecule has 2 aromatic carbocycles. The lowest BCUT2D eigenvalue weighted by atomic mass is 10.2. The van der Waals surface area contributed by atoms with E-state index in [1.165, 1.54) is 6.07 Å². The van der Waals surface area contributed by atoms with E-state index in [4.69, 9.17) is 5.73 Å². The zero-order valence-corrected chi connectivity index (χ0v) is 11.6. The molecule has 96 valence electrons. The zero-order chi connectivity index (χ0) is 13.4. The number of hydrogen-bond donors (Lipinski definition) is 1. The van der Waals surface area contributed by atoms with Gasteiger partial charge in [-0.2, -0.15) is 5.10 Å². The molecule has 0 spiro atoms. The highest BCUT2D eigenvalue weighted by Gasteiger charge is 2.10. The monoisotopic (exact) mass is 319 g/mol. The molecule has 0 amide bonds. The summed E-state index contributed by atoms with van der Waals surface area (Å²) < 4.78 is 15.7. The summed E-state index contributed by atoms with van der Waals surface area (Å²) in [5.41, 5.74) is 7.65. The Kier molecular flexibility index (Phi) is 2.98. The molecule has 2 N–H and O–H groups in total. The Balaban J connectivity index is 2.09. The second kappa shape index (κ2) is 4.66. The molecule has 0 unspecified atom stereocenters. The fourth-order valence-electron chi connectivity index (χ4n) is 2.11. The number of halogens is 2. The standard InChI is InChI=1S/C14H11BrFN3/c15-13-9(4-3-6-11(13)16)8-19-12-7-2-1-5-10(12)14(17)18-19/h1-7H,8H2,(H2,17,18). The lowest BCUT2D eigenvalue weighted by molar-refractivity contribution is 0.613. The third-order valence-electron chi connectivity index (χ3n) is 3.04. The molecule has 1 aromatic heterocycles. The maximum Gasteiger partial charge on any atom is 0.153 e. The second-order valence-electron chi connectivity index (χ2n) is 4.27. The minimum absolute atomic E-state index is 0.276. The quantitative estimate of drug-likeness (QED) is 0.784. The summed E-state index contributed by atoms with van der Waals surface area (Å²) in [7, 11) is 0. The molecule has 0 radical (unpaired) electrons. The number of nitrogens with zero attached hydrogens (tertiary/aromatic N) is 2. The maximum absolute atomic E-state index is 13.5. The van der Waals surface area contributed by atoms with E-state index in [-0.39, 0.29) is 5.82 Å². The topological polar surface area (TPSA) is 43.8 Å². The first kappa shape index (κ1) is 12.2. The molecule has 0 aliphatic carbocycles. The first-order valence-electron chi connectivity index (χ1n) is 5.81. The van der Waals surface area contributed by atoms with Crippen LogP contribution in [0, 0.1) is 5.82 Å². The molecule has 3 nitrogen and oxygen atoms in total. The minimum Gasteiger partial charge on any atom is -0.382 e. The molecule has 5 heteroatoms. The molecular formula is C14H11BrFN3. The fourth-order valence-corrected chi connectivity index (χ4v) is 2.50. The van der Waals surface area contributed by atoms with E-state index in [1.54, 1.807) is 10.7 Å². The van der Waals surface area contributed by atoms with Crippen LogP contribution in [0.15, 0.2) is 46.9 Å². The number of fused-ring (bicyclic) bond motifs is 1. The number of aromatic nitrogens is 2. The van der Waals surface area contributed by atoms with Crippen molar-refractivity contribution in [3.05, 3.63) is 58.3 Å². The van der Waals surface area contributed by atoms with Crippen molar-refractivity contribution in [1.29, 1.82) is 0 Å². The van der Waals surface area contributed by atoms with E-state index in [0.29, 0.717) is 16.8 Å². The summed E-state index contributed by atoms with van der Waals surface area (Å²) in [6.07, 6.45) is 0. The Hall–Kier alpha value is -1.88. The number of hydrogen-bond acceptors (Lipinski definition) is 2. The molecular weight excluding hydrogens is 309 g/mol. The van der Waals surface area contributed by atoms with Crippen molar-refractivity contribution in [2.24, 2.45) is 0 Å². The van der Waals surface area contributed by atoms with Crippen LogP contribution < -0.4 is 5.73 Å². The number of nitrogen functional groups attached to an aromatic ring is 1. The maximum atomic E-state index is 13.5. The minimum atomic E-state index is -0.276. The molecule has 0 atom stereocenters. The predicted octanol–water partition coefficient (Wildman–Crippen LogP) is 3.57. The molecule has 0 aliphatic rings. The first-order valence-corrected chi connectivity index (χ1v) is 6.60. The van der Waals surface area contributed by atoms with Crippen LogP contribution in [-0.2, 0) is 6.54 Å². The van der Waals surface area contributed by atoms with E-state index < -0.39 is 0 Å². The van der Waals surface area contributed by atoms with Crippen molar-refractivity contribution in [2.45, 2.75) is 6.54 Å². The van der Waals surface area contributed by atoms with E-state index in [0.717, 1.165) is 16.5 Å². The van der Waals surface area contributed by atoms with Gasteiger partial charge in [0.1, 0.15) is 5.82 Å². The predicted molar refractivity (Wildman–Crippen MR) is 77.3 cm³/mol. The molecule has 0 aliphatic heterocycles. The Morgan fingerprint density at radius 3 is 2.79 bits per heavy atom. The SMILES string of the molecule is Nc1nn(Cc2cccc(F)c2Br)c2ccccc12. The van der Waals surface area contributed by atoms with Crippen LogP contribution in [0.25, 0.3) is 10.9 Å². The van der Waals surface area contributed by atoms with Crippen LogP contribution in [0.4, 0.5) is 10.2 Å². The molecule has 3 rings (SSSR count). The second-order valence-corrected chi connectivity index (χ2v) is 5.07.